The molecule has 0 aromatic heterocycles. The second kappa shape index (κ2) is 11.5. The number of carbonyl (C=O) groups is 2. The van der Waals surface area contributed by atoms with Gasteiger partial charge >= 0.3 is 11.9 Å². The highest BCUT2D eigenvalue weighted by atomic mass is 16.4. The SMILES string of the molecule is C=C(C)C(=O)O.C=C(C)C(=O)O.Cc1cc(C)cc(-c2cc(C)cc(C)c2)c1. The third kappa shape index (κ3) is 10.1. The van der Waals surface area contributed by atoms with Gasteiger partial charge in [-0.05, 0) is 52.7 Å². The number of carboxylic acids is 2. The van der Waals surface area contributed by atoms with Crippen molar-refractivity contribution < 1.29 is 19.8 Å². The summed E-state index contributed by atoms with van der Waals surface area (Å²) in [5.41, 5.74) is 8.31. The van der Waals surface area contributed by atoms with Gasteiger partial charge in [-0.1, -0.05) is 71.8 Å². The summed E-state index contributed by atoms with van der Waals surface area (Å²) < 4.78 is 0. The maximum Gasteiger partial charge on any atom is 0.330 e. The van der Waals surface area contributed by atoms with Crippen LogP contribution < -0.4 is 0 Å². The maximum atomic E-state index is 9.60. The number of benzene rings is 2. The largest absolute Gasteiger partial charge is 0.478 e. The molecule has 0 unspecified atom stereocenters. The molecule has 0 heterocycles. The lowest BCUT2D eigenvalue weighted by atomic mass is 9.98. The molecule has 0 atom stereocenters. The molecule has 4 heteroatoms. The van der Waals surface area contributed by atoms with Crippen LogP contribution in [0.3, 0.4) is 0 Å². The van der Waals surface area contributed by atoms with Crippen LogP contribution in [0.1, 0.15) is 36.1 Å². The van der Waals surface area contributed by atoms with E-state index in [2.05, 4.69) is 77.3 Å². The number of hydrogen-bond acceptors (Lipinski definition) is 2. The summed E-state index contributed by atoms with van der Waals surface area (Å²) in [4.78, 5) is 19.2. The fourth-order valence-corrected chi connectivity index (χ4v) is 2.28. The van der Waals surface area contributed by atoms with Crippen molar-refractivity contribution in [1.82, 2.24) is 0 Å². The number of rotatable bonds is 3. The Balaban J connectivity index is 0.000000505. The smallest absolute Gasteiger partial charge is 0.330 e. The molecule has 0 saturated heterocycles. The predicted molar refractivity (Wildman–Crippen MR) is 116 cm³/mol. The molecule has 28 heavy (non-hydrogen) atoms. The molecule has 150 valence electrons. The van der Waals surface area contributed by atoms with Crippen molar-refractivity contribution in [1.29, 1.82) is 0 Å². The molecule has 2 rings (SSSR count). The molecule has 0 fully saturated rings. The van der Waals surface area contributed by atoms with Crippen LogP contribution in [0, 0.1) is 27.7 Å². The van der Waals surface area contributed by atoms with Gasteiger partial charge in [0.2, 0.25) is 0 Å². The number of hydrogen-bond donors (Lipinski definition) is 2. The van der Waals surface area contributed by atoms with Gasteiger partial charge < -0.3 is 10.2 Å². The summed E-state index contributed by atoms with van der Waals surface area (Å²) >= 11 is 0. The van der Waals surface area contributed by atoms with E-state index < -0.39 is 11.9 Å². The summed E-state index contributed by atoms with van der Waals surface area (Å²) in [5, 5.41) is 15.8. The zero-order chi connectivity index (χ0) is 22.0. The first kappa shape index (κ1) is 24.9. The first-order valence-corrected chi connectivity index (χ1v) is 8.78. The first-order valence-electron chi connectivity index (χ1n) is 8.78. The molecule has 0 aliphatic heterocycles. The monoisotopic (exact) mass is 382 g/mol. The van der Waals surface area contributed by atoms with Crippen LogP contribution in [0.2, 0.25) is 0 Å². The van der Waals surface area contributed by atoms with Crippen LogP contribution in [-0.4, -0.2) is 22.2 Å². The molecule has 0 aliphatic rings. The normalized spacial score (nSPS) is 9.21. The van der Waals surface area contributed by atoms with Crippen molar-refractivity contribution in [2.24, 2.45) is 0 Å². The second-order valence-electron chi connectivity index (χ2n) is 6.92. The molecule has 0 spiro atoms. The topological polar surface area (TPSA) is 74.6 Å². The van der Waals surface area contributed by atoms with E-state index in [0.717, 1.165) is 0 Å². The van der Waals surface area contributed by atoms with Gasteiger partial charge in [0.1, 0.15) is 0 Å². The summed E-state index contributed by atoms with van der Waals surface area (Å²) in [6.45, 7) is 17.8. The van der Waals surface area contributed by atoms with Gasteiger partial charge in [-0.25, -0.2) is 9.59 Å². The van der Waals surface area contributed by atoms with E-state index in [-0.39, 0.29) is 11.1 Å². The van der Waals surface area contributed by atoms with E-state index in [4.69, 9.17) is 10.2 Å². The fraction of sp³-hybridized carbons (Fsp3) is 0.250. The van der Waals surface area contributed by atoms with Gasteiger partial charge in [-0.3, -0.25) is 0 Å². The minimum atomic E-state index is -0.935. The molecule has 2 aromatic rings. The average molecular weight is 383 g/mol. The summed E-state index contributed by atoms with van der Waals surface area (Å²) in [6.07, 6.45) is 0. The zero-order valence-electron chi connectivity index (χ0n) is 17.6. The Labute approximate surface area is 167 Å². The molecule has 2 N–H and O–H groups in total. The van der Waals surface area contributed by atoms with Crippen LogP contribution >= 0.6 is 0 Å². The van der Waals surface area contributed by atoms with Crippen molar-refractivity contribution in [3.05, 3.63) is 83.0 Å². The fourth-order valence-electron chi connectivity index (χ4n) is 2.28. The van der Waals surface area contributed by atoms with Gasteiger partial charge in [0.25, 0.3) is 0 Å². The van der Waals surface area contributed by atoms with E-state index in [0.29, 0.717) is 0 Å². The Bertz CT molecular complexity index is 738. The maximum absolute atomic E-state index is 9.60. The number of aliphatic carboxylic acids is 2. The lowest BCUT2D eigenvalue weighted by molar-refractivity contribution is -0.133. The highest BCUT2D eigenvalue weighted by Crippen LogP contribution is 2.24. The Morgan fingerprint density at radius 3 is 0.929 bits per heavy atom. The van der Waals surface area contributed by atoms with Gasteiger partial charge in [-0.15, -0.1) is 0 Å². The summed E-state index contributed by atoms with van der Waals surface area (Å²) in [5.74, 6) is -1.87. The predicted octanol–water partition coefficient (Wildman–Crippen LogP) is 5.88. The lowest BCUT2D eigenvalue weighted by Crippen LogP contribution is -1.92. The standard InChI is InChI=1S/C16H18.2C4H6O2/c1-11-5-12(2)8-15(7-11)16-9-13(3)6-14(4)10-16;2*1-3(2)4(5)6/h5-10H,1-4H3;2*1H2,2H3,(H,5,6). The summed E-state index contributed by atoms with van der Waals surface area (Å²) in [6, 6.07) is 13.4. The Kier molecular flexibility index (Phi) is 10.3. The average Bonchev–Trinajstić information content (AvgIpc) is 2.54. The number of carboxylic acid groups (broad SMARTS) is 2. The van der Waals surface area contributed by atoms with E-state index >= 15 is 0 Å². The van der Waals surface area contributed by atoms with Crippen LogP contribution in [0.25, 0.3) is 11.1 Å². The van der Waals surface area contributed by atoms with E-state index in [1.165, 1.54) is 47.2 Å². The highest BCUT2D eigenvalue weighted by Gasteiger charge is 2.01. The highest BCUT2D eigenvalue weighted by molar-refractivity contribution is 5.85. The van der Waals surface area contributed by atoms with Crippen molar-refractivity contribution in [2.45, 2.75) is 41.5 Å². The van der Waals surface area contributed by atoms with Crippen molar-refractivity contribution in [3.63, 3.8) is 0 Å². The minimum Gasteiger partial charge on any atom is -0.478 e. The van der Waals surface area contributed by atoms with Crippen molar-refractivity contribution in [2.75, 3.05) is 0 Å². The zero-order valence-corrected chi connectivity index (χ0v) is 17.6. The van der Waals surface area contributed by atoms with Crippen LogP contribution in [0.5, 0.6) is 0 Å². The molecule has 4 nitrogen and oxygen atoms in total. The molecular formula is C24H30O4. The van der Waals surface area contributed by atoms with Crippen LogP contribution in [-0.2, 0) is 9.59 Å². The van der Waals surface area contributed by atoms with Gasteiger partial charge in [-0.2, -0.15) is 0 Å². The third-order valence-electron chi connectivity index (χ3n) is 3.51. The molecule has 0 bridgehead atoms. The lowest BCUT2D eigenvalue weighted by Gasteiger charge is -2.07. The minimum absolute atomic E-state index is 0.176. The second-order valence-corrected chi connectivity index (χ2v) is 6.92. The molecular weight excluding hydrogens is 352 g/mol. The molecule has 2 aromatic carbocycles. The van der Waals surface area contributed by atoms with Crippen LogP contribution in [0.4, 0.5) is 0 Å². The van der Waals surface area contributed by atoms with Gasteiger partial charge in [0.05, 0.1) is 0 Å². The van der Waals surface area contributed by atoms with E-state index in [9.17, 15) is 9.59 Å². The van der Waals surface area contributed by atoms with Crippen LogP contribution in [0.15, 0.2) is 60.7 Å². The quantitative estimate of drug-likeness (QED) is 0.650. The molecule has 0 saturated carbocycles. The third-order valence-corrected chi connectivity index (χ3v) is 3.51. The van der Waals surface area contributed by atoms with E-state index in [1.54, 1.807) is 0 Å². The van der Waals surface area contributed by atoms with E-state index in [1.807, 2.05) is 0 Å². The summed E-state index contributed by atoms with van der Waals surface area (Å²) in [7, 11) is 0. The van der Waals surface area contributed by atoms with Crippen molar-refractivity contribution in [3.8, 4) is 11.1 Å². The molecule has 0 amide bonds. The molecule has 0 aliphatic carbocycles. The van der Waals surface area contributed by atoms with Crippen molar-refractivity contribution >= 4 is 11.9 Å². The Morgan fingerprint density at radius 2 is 0.786 bits per heavy atom. The van der Waals surface area contributed by atoms with Gasteiger partial charge in [0.15, 0.2) is 0 Å². The first-order chi connectivity index (χ1) is 12.8. The number of aryl methyl sites for hydroxylation is 4. The Morgan fingerprint density at radius 1 is 0.607 bits per heavy atom. The Hall–Kier alpha value is -3.14. The van der Waals surface area contributed by atoms with Gasteiger partial charge in [0, 0.05) is 11.1 Å². The molecule has 0 radical (unpaired) electrons.